The van der Waals surface area contributed by atoms with E-state index in [-0.39, 0.29) is 18.2 Å². The molecule has 0 atom stereocenters. The van der Waals surface area contributed by atoms with Crippen LogP contribution >= 0.6 is 11.3 Å². The summed E-state index contributed by atoms with van der Waals surface area (Å²) in [5.41, 5.74) is 2.16. The van der Waals surface area contributed by atoms with Crippen molar-refractivity contribution in [2.75, 3.05) is 6.54 Å². The molecular formula is C12H10N4O5S. The molecular weight excluding hydrogens is 312 g/mol. The molecule has 2 N–H and O–H groups in total. The molecule has 0 radical (unpaired) electrons. The van der Waals surface area contributed by atoms with E-state index in [2.05, 4.69) is 15.8 Å². The number of hydrazone groups is 1. The molecule has 0 aliphatic carbocycles. The third-order valence-electron chi connectivity index (χ3n) is 2.33. The topological polar surface area (TPSA) is 127 Å². The average molecular weight is 322 g/mol. The first-order chi connectivity index (χ1) is 10.6. The number of furan rings is 1. The van der Waals surface area contributed by atoms with Gasteiger partial charge in [0.25, 0.3) is 11.8 Å². The zero-order chi connectivity index (χ0) is 15.9. The van der Waals surface area contributed by atoms with Gasteiger partial charge in [0, 0.05) is 0 Å². The third-order valence-corrected chi connectivity index (χ3v) is 3.20. The fourth-order valence-electron chi connectivity index (χ4n) is 1.37. The molecule has 0 bridgehead atoms. The first kappa shape index (κ1) is 15.4. The smallest absolute Gasteiger partial charge is 0.400 e. The number of thiophene rings is 1. The first-order valence-corrected chi connectivity index (χ1v) is 6.82. The number of carbonyl (C=O) groups is 2. The van der Waals surface area contributed by atoms with Gasteiger partial charge in [-0.05, 0) is 17.5 Å². The van der Waals surface area contributed by atoms with Gasteiger partial charge in [0.05, 0.1) is 23.7 Å². The van der Waals surface area contributed by atoms with Crippen LogP contribution in [0.25, 0.3) is 0 Å². The molecule has 0 saturated carbocycles. The summed E-state index contributed by atoms with van der Waals surface area (Å²) in [5, 5.41) is 18.1. The van der Waals surface area contributed by atoms with Crippen molar-refractivity contribution in [3.05, 3.63) is 50.4 Å². The molecule has 0 fully saturated rings. The largest absolute Gasteiger partial charge is 0.433 e. The highest BCUT2D eigenvalue weighted by molar-refractivity contribution is 7.12. The molecule has 22 heavy (non-hydrogen) atoms. The van der Waals surface area contributed by atoms with Crippen molar-refractivity contribution >= 4 is 35.2 Å². The van der Waals surface area contributed by atoms with Crippen molar-refractivity contribution in [2.24, 2.45) is 5.10 Å². The second-order valence-corrected chi connectivity index (χ2v) is 4.83. The van der Waals surface area contributed by atoms with Gasteiger partial charge in [0.15, 0.2) is 5.76 Å². The molecule has 0 aliphatic heterocycles. The Morgan fingerprint density at radius 3 is 2.86 bits per heavy atom. The minimum Gasteiger partial charge on any atom is -0.400 e. The molecule has 0 spiro atoms. The standard InChI is InChI=1S/C12H10N4O5S/c17-10(7-13-12(18)9-2-1-5-22-9)15-14-6-8-3-4-11(21-8)16(19)20/h1-6H,7H2,(H,13,18)(H,15,17). The molecule has 0 unspecified atom stereocenters. The lowest BCUT2D eigenvalue weighted by Gasteiger charge is -2.01. The maximum atomic E-state index is 11.6. The quantitative estimate of drug-likeness (QED) is 0.468. The highest BCUT2D eigenvalue weighted by atomic mass is 32.1. The minimum atomic E-state index is -0.684. The molecule has 2 amide bonds. The van der Waals surface area contributed by atoms with Crippen molar-refractivity contribution < 1.29 is 18.9 Å². The van der Waals surface area contributed by atoms with E-state index in [1.807, 2.05) is 0 Å². The predicted molar refractivity (Wildman–Crippen MR) is 77.8 cm³/mol. The fraction of sp³-hybridized carbons (Fsp3) is 0.0833. The lowest BCUT2D eigenvalue weighted by atomic mass is 10.4. The van der Waals surface area contributed by atoms with Gasteiger partial charge >= 0.3 is 5.88 Å². The van der Waals surface area contributed by atoms with Crippen molar-refractivity contribution in [1.82, 2.24) is 10.7 Å². The Morgan fingerprint density at radius 2 is 2.23 bits per heavy atom. The maximum absolute atomic E-state index is 11.6. The summed E-state index contributed by atoms with van der Waals surface area (Å²) < 4.78 is 4.81. The van der Waals surface area contributed by atoms with Gasteiger partial charge in [0.2, 0.25) is 0 Å². The molecule has 2 rings (SSSR count). The van der Waals surface area contributed by atoms with E-state index in [0.29, 0.717) is 4.88 Å². The summed E-state index contributed by atoms with van der Waals surface area (Å²) in [4.78, 5) is 33.2. The maximum Gasteiger partial charge on any atom is 0.433 e. The second-order valence-electron chi connectivity index (χ2n) is 3.89. The fourth-order valence-corrected chi connectivity index (χ4v) is 2.01. The zero-order valence-electron chi connectivity index (χ0n) is 11.0. The summed E-state index contributed by atoms with van der Waals surface area (Å²) >= 11 is 1.26. The second kappa shape index (κ2) is 7.13. The highest BCUT2D eigenvalue weighted by Crippen LogP contribution is 2.13. The molecule has 0 aliphatic rings. The van der Waals surface area contributed by atoms with E-state index in [1.54, 1.807) is 17.5 Å². The lowest BCUT2D eigenvalue weighted by Crippen LogP contribution is -2.34. The number of hydrogen-bond acceptors (Lipinski definition) is 7. The average Bonchev–Trinajstić information content (AvgIpc) is 3.16. The number of nitrogens with one attached hydrogen (secondary N) is 2. The van der Waals surface area contributed by atoms with E-state index in [9.17, 15) is 19.7 Å². The molecule has 9 nitrogen and oxygen atoms in total. The summed E-state index contributed by atoms with van der Waals surface area (Å²) in [5.74, 6) is -1.19. The van der Waals surface area contributed by atoms with E-state index >= 15 is 0 Å². The summed E-state index contributed by atoms with van der Waals surface area (Å²) in [7, 11) is 0. The summed E-state index contributed by atoms with van der Waals surface area (Å²) in [6.07, 6.45) is 1.12. The lowest BCUT2D eigenvalue weighted by molar-refractivity contribution is -0.402. The van der Waals surface area contributed by atoms with Crippen LogP contribution in [0.15, 0.2) is 39.2 Å². The SMILES string of the molecule is O=C(CNC(=O)c1cccs1)NN=Cc1ccc([N+](=O)[O-])o1. The van der Waals surface area contributed by atoms with Crippen LogP contribution in [-0.2, 0) is 4.79 Å². The highest BCUT2D eigenvalue weighted by Gasteiger charge is 2.10. The molecule has 10 heteroatoms. The predicted octanol–water partition coefficient (Wildman–Crippen LogP) is 1.13. The van der Waals surface area contributed by atoms with Gasteiger partial charge in [-0.15, -0.1) is 11.3 Å². The Hall–Kier alpha value is -3.01. The number of hydrogen-bond donors (Lipinski definition) is 2. The Kier molecular flexibility index (Phi) is 4.98. The van der Waals surface area contributed by atoms with Gasteiger partial charge in [-0.25, -0.2) is 5.43 Å². The molecule has 2 aromatic heterocycles. The number of nitro groups is 1. The summed E-state index contributed by atoms with van der Waals surface area (Å²) in [6, 6.07) is 5.88. The molecule has 0 aromatic carbocycles. The van der Waals surface area contributed by atoms with E-state index in [1.165, 1.54) is 23.5 Å². The van der Waals surface area contributed by atoms with Crippen LogP contribution in [0.2, 0.25) is 0 Å². The number of rotatable bonds is 6. The monoisotopic (exact) mass is 322 g/mol. The van der Waals surface area contributed by atoms with Gasteiger partial charge in [-0.2, -0.15) is 5.10 Å². The Labute approximate surface area is 127 Å². The Morgan fingerprint density at radius 1 is 1.41 bits per heavy atom. The first-order valence-electron chi connectivity index (χ1n) is 5.94. The summed E-state index contributed by atoms with van der Waals surface area (Å²) in [6.45, 7) is -0.244. The minimum absolute atomic E-state index is 0.120. The molecule has 2 aromatic rings. The van der Waals surface area contributed by atoms with Crippen molar-refractivity contribution in [1.29, 1.82) is 0 Å². The van der Waals surface area contributed by atoms with Crippen LogP contribution in [0.1, 0.15) is 15.4 Å². The van der Waals surface area contributed by atoms with E-state index < -0.39 is 16.7 Å². The van der Waals surface area contributed by atoms with Crippen LogP contribution < -0.4 is 10.7 Å². The van der Waals surface area contributed by atoms with Crippen LogP contribution in [0.5, 0.6) is 0 Å². The zero-order valence-corrected chi connectivity index (χ0v) is 11.8. The molecule has 2 heterocycles. The van der Waals surface area contributed by atoms with Crippen LogP contribution in [0.3, 0.4) is 0 Å². The van der Waals surface area contributed by atoms with Gasteiger partial charge in [-0.1, -0.05) is 6.07 Å². The number of amides is 2. The van der Waals surface area contributed by atoms with Crippen molar-refractivity contribution in [3.63, 3.8) is 0 Å². The van der Waals surface area contributed by atoms with Crippen LogP contribution in [0.4, 0.5) is 5.88 Å². The van der Waals surface area contributed by atoms with Crippen molar-refractivity contribution in [3.8, 4) is 0 Å². The number of carbonyl (C=O) groups excluding carboxylic acids is 2. The van der Waals surface area contributed by atoms with Gasteiger partial charge < -0.3 is 9.73 Å². The van der Waals surface area contributed by atoms with Crippen LogP contribution in [-0.4, -0.2) is 29.5 Å². The number of nitrogens with zero attached hydrogens (tertiary/aromatic N) is 2. The third kappa shape index (κ3) is 4.24. The van der Waals surface area contributed by atoms with Crippen molar-refractivity contribution in [2.45, 2.75) is 0 Å². The molecule has 114 valence electrons. The van der Waals surface area contributed by atoms with E-state index in [0.717, 1.165) is 6.21 Å². The van der Waals surface area contributed by atoms with E-state index in [4.69, 9.17) is 4.42 Å². The van der Waals surface area contributed by atoms with Gasteiger partial charge in [-0.3, -0.25) is 19.7 Å². The Balaban J connectivity index is 1.76. The van der Waals surface area contributed by atoms with Crippen LogP contribution in [0, 0.1) is 10.1 Å². The van der Waals surface area contributed by atoms with Gasteiger partial charge in [0.1, 0.15) is 4.92 Å². The normalized spacial score (nSPS) is 10.5. The molecule has 0 saturated heterocycles. The Bertz CT molecular complexity index is 707.